The van der Waals surface area contributed by atoms with Crippen LogP contribution in [0, 0.1) is 0 Å². The number of nitrogens with one attached hydrogen (secondary N) is 2. The third-order valence-electron chi connectivity index (χ3n) is 5.48. The molecule has 0 aliphatic heterocycles. The highest BCUT2D eigenvalue weighted by molar-refractivity contribution is 5.93. The maximum absolute atomic E-state index is 12.3. The Bertz CT molecular complexity index is 760. The summed E-state index contributed by atoms with van der Waals surface area (Å²) in [5.41, 5.74) is 1.66. The normalized spacial score (nSPS) is 10.6. The van der Waals surface area contributed by atoms with Crippen LogP contribution in [0.2, 0.25) is 0 Å². The van der Waals surface area contributed by atoms with E-state index in [-0.39, 0.29) is 12.5 Å². The Kier molecular flexibility index (Phi) is 13.6. The molecule has 5 nitrogen and oxygen atoms in total. The van der Waals surface area contributed by atoms with Crippen LogP contribution >= 0.6 is 0 Å². The van der Waals surface area contributed by atoms with Crippen LogP contribution in [0.15, 0.2) is 48.5 Å². The highest BCUT2D eigenvalue weighted by atomic mass is 16.5. The zero-order chi connectivity index (χ0) is 23.6. The molecule has 0 heterocycles. The number of hydrogen-bond donors (Lipinski definition) is 2. The Balaban J connectivity index is 1.61. The summed E-state index contributed by atoms with van der Waals surface area (Å²) in [6.07, 6.45) is 12.3. The molecule has 2 aromatic rings. The first-order valence-corrected chi connectivity index (χ1v) is 12.7. The number of anilines is 2. The molecule has 0 bridgehead atoms. The number of carbonyl (C=O) groups is 1. The van der Waals surface area contributed by atoms with Crippen LogP contribution in [0.4, 0.5) is 11.4 Å². The molecule has 1 amide bonds. The Morgan fingerprint density at radius 1 is 0.636 bits per heavy atom. The van der Waals surface area contributed by atoms with Crippen LogP contribution in [-0.4, -0.2) is 25.7 Å². The van der Waals surface area contributed by atoms with Crippen molar-refractivity contribution in [2.75, 3.05) is 30.4 Å². The van der Waals surface area contributed by atoms with E-state index in [2.05, 4.69) is 24.5 Å². The van der Waals surface area contributed by atoms with E-state index in [1.54, 1.807) is 0 Å². The first-order chi connectivity index (χ1) is 16.2. The summed E-state index contributed by atoms with van der Waals surface area (Å²) < 4.78 is 11.6. The quantitative estimate of drug-likeness (QED) is 0.230. The van der Waals surface area contributed by atoms with Gasteiger partial charge in [0.1, 0.15) is 11.5 Å². The van der Waals surface area contributed by atoms with Crippen molar-refractivity contribution in [2.24, 2.45) is 0 Å². The molecule has 0 unspecified atom stereocenters. The van der Waals surface area contributed by atoms with Crippen molar-refractivity contribution in [1.82, 2.24) is 0 Å². The largest absolute Gasteiger partial charge is 0.494 e. The molecule has 0 aromatic heterocycles. The highest BCUT2D eigenvalue weighted by Crippen LogP contribution is 2.18. The molecule has 2 aromatic carbocycles. The van der Waals surface area contributed by atoms with E-state index in [9.17, 15) is 4.79 Å². The fourth-order valence-corrected chi connectivity index (χ4v) is 3.48. The molecule has 0 aliphatic carbocycles. The van der Waals surface area contributed by atoms with Gasteiger partial charge in [0, 0.05) is 11.4 Å². The lowest BCUT2D eigenvalue weighted by atomic mass is 10.2. The van der Waals surface area contributed by atoms with E-state index in [0.29, 0.717) is 0 Å². The number of rotatable bonds is 18. The summed E-state index contributed by atoms with van der Waals surface area (Å²) in [5.74, 6) is 1.61. The molecule has 0 saturated heterocycles. The second-order valence-corrected chi connectivity index (χ2v) is 8.48. The van der Waals surface area contributed by atoms with Gasteiger partial charge >= 0.3 is 0 Å². The zero-order valence-corrected chi connectivity index (χ0v) is 20.5. The minimum Gasteiger partial charge on any atom is -0.494 e. The van der Waals surface area contributed by atoms with Gasteiger partial charge in [-0.25, -0.2) is 0 Å². The molecule has 0 saturated carbocycles. The number of hydrogen-bond acceptors (Lipinski definition) is 4. The molecule has 0 atom stereocenters. The predicted molar refractivity (Wildman–Crippen MR) is 139 cm³/mol. The summed E-state index contributed by atoms with van der Waals surface area (Å²) in [5, 5.41) is 6.06. The van der Waals surface area contributed by atoms with Crippen molar-refractivity contribution >= 4 is 17.3 Å². The Morgan fingerprint density at radius 3 is 1.58 bits per heavy atom. The molecule has 2 rings (SSSR count). The van der Waals surface area contributed by atoms with Crippen LogP contribution in [0.25, 0.3) is 0 Å². The SMILES string of the molecule is CCCCCCCOc1ccc(NCC(=O)Nc2ccc(OCCCCCCC)cc2)cc1. The molecular formula is C28H42N2O3. The number of unbranched alkanes of at least 4 members (excludes halogenated alkanes) is 8. The summed E-state index contributed by atoms with van der Waals surface area (Å²) in [7, 11) is 0. The van der Waals surface area contributed by atoms with Crippen molar-refractivity contribution in [3.63, 3.8) is 0 Å². The van der Waals surface area contributed by atoms with Crippen molar-refractivity contribution < 1.29 is 14.3 Å². The number of benzene rings is 2. The van der Waals surface area contributed by atoms with Crippen LogP contribution in [0.1, 0.15) is 78.1 Å². The molecule has 182 valence electrons. The molecule has 0 aliphatic rings. The molecule has 33 heavy (non-hydrogen) atoms. The number of carbonyl (C=O) groups excluding carboxylic acids is 1. The van der Waals surface area contributed by atoms with Crippen molar-refractivity contribution in [3.8, 4) is 11.5 Å². The van der Waals surface area contributed by atoms with E-state index >= 15 is 0 Å². The van der Waals surface area contributed by atoms with E-state index in [0.717, 1.165) is 48.9 Å². The van der Waals surface area contributed by atoms with E-state index < -0.39 is 0 Å². The number of amides is 1. The molecular weight excluding hydrogens is 412 g/mol. The smallest absolute Gasteiger partial charge is 0.243 e. The lowest BCUT2D eigenvalue weighted by Crippen LogP contribution is -2.21. The van der Waals surface area contributed by atoms with Crippen LogP contribution < -0.4 is 20.1 Å². The minimum absolute atomic E-state index is 0.0907. The van der Waals surface area contributed by atoms with E-state index in [4.69, 9.17) is 9.47 Å². The first-order valence-electron chi connectivity index (χ1n) is 12.7. The summed E-state index contributed by atoms with van der Waals surface area (Å²) in [4.78, 5) is 12.3. The highest BCUT2D eigenvalue weighted by Gasteiger charge is 2.04. The van der Waals surface area contributed by atoms with Gasteiger partial charge < -0.3 is 20.1 Å². The van der Waals surface area contributed by atoms with E-state index in [1.807, 2.05) is 48.5 Å². The second kappa shape index (κ2) is 16.9. The van der Waals surface area contributed by atoms with Crippen LogP contribution in [0.5, 0.6) is 11.5 Å². The molecule has 2 N–H and O–H groups in total. The average Bonchev–Trinajstić information content (AvgIpc) is 2.84. The zero-order valence-electron chi connectivity index (χ0n) is 20.5. The standard InChI is InChI=1S/C28H42N2O3/c1-3-5-7-9-11-21-32-26-17-13-24(14-18-26)29-23-28(31)30-25-15-19-27(20-16-25)33-22-12-10-8-6-4-2/h13-20,29H,3-12,21-23H2,1-2H3,(H,30,31). The lowest BCUT2D eigenvalue weighted by molar-refractivity contribution is -0.114. The third kappa shape index (κ3) is 12.2. The van der Waals surface area contributed by atoms with Crippen molar-refractivity contribution in [1.29, 1.82) is 0 Å². The predicted octanol–water partition coefficient (Wildman–Crippen LogP) is 7.44. The van der Waals surface area contributed by atoms with Gasteiger partial charge in [0.15, 0.2) is 0 Å². The van der Waals surface area contributed by atoms with Gasteiger partial charge in [0.2, 0.25) is 5.91 Å². The molecule has 5 heteroatoms. The fraction of sp³-hybridized carbons (Fsp3) is 0.536. The van der Waals surface area contributed by atoms with Crippen LogP contribution in [0.3, 0.4) is 0 Å². The molecule has 0 radical (unpaired) electrons. The summed E-state index contributed by atoms with van der Waals surface area (Å²) in [6.45, 7) is 6.13. The maximum atomic E-state index is 12.3. The lowest BCUT2D eigenvalue weighted by Gasteiger charge is -2.10. The average molecular weight is 455 g/mol. The van der Waals surface area contributed by atoms with Gasteiger partial charge in [-0.2, -0.15) is 0 Å². The van der Waals surface area contributed by atoms with Crippen molar-refractivity contribution in [2.45, 2.75) is 78.1 Å². The molecule has 0 spiro atoms. The molecule has 0 fully saturated rings. The Labute approximate surface area is 200 Å². The van der Waals surface area contributed by atoms with Gasteiger partial charge in [-0.1, -0.05) is 65.2 Å². The van der Waals surface area contributed by atoms with Gasteiger partial charge in [0.05, 0.1) is 19.8 Å². The fourth-order valence-electron chi connectivity index (χ4n) is 3.48. The summed E-state index contributed by atoms with van der Waals surface area (Å²) >= 11 is 0. The topological polar surface area (TPSA) is 59.6 Å². The van der Waals surface area contributed by atoms with Gasteiger partial charge in [-0.15, -0.1) is 0 Å². The second-order valence-electron chi connectivity index (χ2n) is 8.48. The maximum Gasteiger partial charge on any atom is 0.243 e. The monoisotopic (exact) mass is 454 g/mol. The van der Waals surface area contributed by atoms with Gasteiger partial charge in [-0.05, 0) is 61.4 Å². The third-order valence-corrected chi connectivity index (χ3v) is 5.48. The van der Waals surface area contributed by atoms with Gasteiger partial charge in [-0.3, -0.25) is 4.79 Å². The summed E-state index contributed by atoms with van der Waals surface area (Å²) in [6, 6.07) is 15.3. The van der Waals surface area contributed by atoms with Gasteiger partial charge in [0.25, 0.3) is 0 Å². The number of ether oxygens (including phenoxy) is 2. The Hall–Kier alpha value is -2.69. The van der Waals surface area contributed by atoms with Crippen LogP contribution in [-0.2, 0) is 4.79 Å². The first kappa shape index (κ1) is 26.6. The van der Waals surface area contributed by atoms with E-state index in [1.165, 1.54) is 51.4 Å². The Morgan fingerprint density at radius 2 is 1.09 bits per heavy atom. The minimum atomic E-state index is -0.0907. The van der Waals surface area contributed by atoms with Crippen molar-refractivity contribution in [3.05, 3.63) is 48.5 Å².